The highest BCUT2D eigenvalue weighted by Gasteiger charge is 2.33. The first-order valence-electron chi connectivity index (χ1n) is 6.55. The van der Waals surface area contributed by atoms with Crippen LogP contribution in [0.1, 0.15) is 43.9 Å². The maximum absolute atomic E-state index is 10.5. The van der Waals surface area contributed by atoms with Gasteiger partial charge < -0.3 is 10.4 Å². The second-order valence-electron chi connectivity index (χ2n) is 5.10. The molecule has 0 atom stereocenters. The van der Waals surface area contributed by atoms with E-state index in [1.807, 2.05) is 11.7 Å². The van der Waals surface area contributed by atoms with Crippen molar-refractivity contribution in [2.45, 2.75) is 57.1 Å². The molecule has 0 saturated heterocycles. The Bertz CT molecular complexity index is 318. The van der Waals surface area contributed by atoms with Crippen molar-refractivity contribution in [2.24, 2.45) is 0 Å². The number of hydrogen-bond acceptors (Lipinski definition) is 4. The van der Waals surface area contributed by atoms with Crippen molar-refractivity contribution in [3.8, 4) is 0 Å². The van der Waals surface area contributed by atoms with Crippen molar-refractivity contribution in [2.75, 3.05) is 6.54 Å². The Morgan fingerprint density at radius 3 is 2.88 bits per heavy atom. The van der Waals surface area contributed by atoms with Crippen molar-refractivity contribution < 1.29 is 5.11 Å². The maximum atomic E-state index is 10.5. The molecule has 1 saturated carbocycles. The van der Waals surface area contributed by atoms with Crippen LogP contribution >= 0.6 is 11.3 Å². The molecular formula is C13H22N2OS. The summed E-state index contributed by atoms with van der Waals surface area (Å²) in [6.07, 6.45) is 7.84. The fraction of sp³-hybridized carbons (Fsp3) is 0.769. The number of rotatable bonds is 5. The summed E-state index contributed by atoms with van der Waals surface area (Å²) in [5.41, 5.74) is 1.35. The van der Waals surface area contributed by atoms with Gasteiger partial charge in [-0.05, 0) is 38.6 Å². The van der Waals surface area contributed by atoms with Gasteiger partial charge in [-0.2, -0.15) is 0 Å². The molecule has 4 heteroatoms. The first-order valence-corrected chi connectivity index (χ1v) is 7.43. The lowest BCUT2D eigenvalue weighted by Gasteiger charge is -2.36. The number of nitrogens with zero attached hydrogens (tertiary/aromatic N) is 1. The van der Waals surface area contributed by atoms with Crippen LogP contribution in [0.5, 0.6) is 0 Å². The van der Waals surface area contributed by atoms with Gasteiger partial charge in [0.1, 0.15) is 0 Å². The molecule has 1 aromatic rings. The van der Waals surface area contributed by atoms with Gasteiger partial charge in [0.15, 0.2) is 0 Å². The average molecular weight is 254 g/mol. The van der Waals surface area contributed by atoms with Gasteiger partial charge >= 0.3 is 0 Å². The fourth-order valence-electron chi connectivity index (χ4n) is 2.54. The van der Waals surface area contributed by atoms with Gasteiger partial charge in [-0.3, -0.25) is 4.98 Å². The van der Waals surface area contributed by atoms with Crippen LogP contribution in [0.3, 0.4) is 0 Å². The average Bonchev–Trinajstić information content (AvgIpc) is 2.81. The highest BCUT2D eigenvalue weighted by Crippen LogP contribution is 2.32. The van der Waals surface area contributed by atoms with Crippen molar-refractivity contribution in [3.05, 3.63) is 16.6 Å². The van der Waals surface area contributed by atoms with E-state index in [9.17, 15) is 5.11 Å². The number of thiazole rings is 1. The zero-order valence-corrected chi connectivity index (χ0v) is 11.3. The molecule has 1 fully saturated rings. The van der Waals surface area contributed by atoms with E-state index in [0.717, 1.165) is 38.6 Å². The summed E-state index contributed by atoms with van der Waals surface area (Å²) >= 11 is 1.64. The lowest BCUT2D eigenvalue weighted by atomic mass is 9.80. The topological polar surface area (TPSA) is 45.1 Å². The predicted molar refractivity (Wildman–Crippen MR) is 71.3 cm³/mol. The number of nitrogens with one attached hydrogen (secondary N) is 1. The third kappa shape index (κ3) is 3.76. The van der Waals surface area contributed by atoms with Crippen LogP contribution in [0.25, 0.3) is 0 Å². The molecule has 2 N–H and O–H groups in total. The molecule has 0 aliphatic heterocycles. The Balaban J connectivity index is 1.80. The number of aliphatic hydroxyl groups is 1. The van der Waals surface area contributed by atoms with Gasteiger partial charge in [0, 0.05) is 23.5 Å². The Labute approximate surface area is 107 Å². The lowest BCUT2D eigenvalue weighted by molar-refractivity contribution is -0.00243. The molecule has 1 aliphatic carbocycles. The van der Waals surface area contributed by atoms with Crippen molar-refractivity contribution >= 4 is 11.3 Å². The van der Waals surface area contributed by atoms with E-state index >= 15 is 0 Å². The molecule has 0 bridgehead atoms. The zero-order valence-electron chi connectivity index (χ0n) is 10.5. The summed E-state index contributed by atoms with van der Waals surface area (Å²) in [7, 11) is 0. The standard InChI is InChI=1S/C13H22N2OS/c1-2-7-15-11-3-5-13(16,6-4-11)8-12-9-14-10-17-12/h9-11,15-16H,2-8H2,1H3. The zero-order chi connectivity index (χ0) is 12.1. The van der Waals surface area contributed by atoms with Gasteiger partial charge in [-0.1, -0.05) is 6.92 Å². The van der Waals surface area contributed by atoms with Gasteiger partial charge in [0.25, 0.3) is 0 Å². The minimum Gasteiger partial charge on any atom is -0.390 e. The molecule has 96 valence electrons. The second-order valence-corrected chi connectivity index (χ2v) is 6.07. The van der Waals surface area contributed by atoms with Gasteiger partial charge in [-0.15, -0.1) is 11.3 Å². The Morgan fingerprint density at radius 1 is 1.53 bits per heavy atom. The molecule has 1 heterocycles. The lowest BCUT2D eigenvalue weighted by Crippen LogP contribution is -2.42. The molecule has 0 unspecified atom stereocenters. The minimum atomic E-state index is -0.489. The summed E-state index contributed by atoms with van der Waals surface area (Å²) in [5, 5.41) is 14.1. The van der Waals surface area contributed by atoms with Crippen LogP contribution in [-0.4, -0.2) is 28.3 Å². The molecule has 0 radical (unpaired) electrons. The van der Waals surface area contributed by atoms with Crippen molar-refractivity contribution in [1.29, 1.82) is 0 Å². The summed E-state index contributed by atoms with van der Waals surface area (Å²) in [6, 6.07) is 0.608. The maximum Gasteiger partial charge on any atom is 0.0794 e. The Hall–Kier alpha value is -0.450. The summed E-state index contributed by atoms with van der Waals surface area (Å²) in [4.78, 5) is 5.27. The van der Waals surface area contributed by atoms with Crippen LogP contribution in [0, 0.1) is 0 Å². The SMILES string of the molecule is CCCNC1CCC(O)(Cc2cncs2)CC1. The molecular weight excluding hydrogens is 232 g/mol. The van der Waals surface area contributed by atoms with Crippen LogP contribution in [-0.2, 0) is 6.42 Å². The van der Waals surface area contributed by atoms with E-state index < -0.39 is 5.60 Å². The number of hydrogen-bond donors (Lipinski definition) is 2. The van der Waals surface area contributed by atoms with E-state index in [1.165, 1.54) is 11.3 Å². The Kier molecular flexibility index (Phi) is 4.54. The molecule has 3 nitrogen and oxygen atoms in total. The van der Waals surface area contributed by atoms with E-state index in [-0.39, 0.29) is 0 Å². The third-order valence-electron chi connectivity index (χ3n) is 3.59. The van der Waals surface area contributed by atoms with E-state index in [1.54, 1.807) is 11.3 Å². The van der Waals surface area contributed by atoms with Crippen LogP contribution in [0.15, 0.2) is 11.7 Å². The van der Waals surface area contributed by atoms with Crippen LogP contribution < -0.4 is 5.32 Å². The molecule has 1 aromatic heterocycles. The molecule has 17 heavy (non-hydrogen) atoms. The highest BCUT2D eigenvalue weighted by molar-refractivity contribution is 7.09. The van der Waals surface area contributed by atoms with Gasteiger partial charge in [0.2, 0.25) is 0 Å². The summed E-state index contributed by atoms with van der Waals surface area (Å²) in [5.74, 6) is 0. The smallest absolute Gasteiger partial charge is 0.0794 e. The molecule has 2 rings (SSSR count). The Morgan fingerprint density at radius 2 is 2.29 bits per heavy atom. The van der Waals surface area contributed by atoms with E-state index in [0.29, 0.717) is 6.04 Å². The van der Waals surface area contributed by atoms with E-state index in [4.69, 9.17) is 0 Å². The monoisotopic (exact) mass is 254 g/mol. The fourth-order valence-corrected chi connectivity index (χ4v) is 3.27. The quantitative estimate of drug-likeness (QED) is 0.848. The largest absolute Gasteiger partial charge is 0.390 e. The summed E-state index contributed by atoms with van der Waals surface area (Å²) < 4.78 is 0. The normalized spacial score (nSPS) is 29.4. The van der Waals surface area contributed by atoms with E-state index in [2.05, 4.69) is 17.2 Å². The predicted octanol–water partition coefficient (Wildman–Crippen LogP) is 2.36. The third-order valence-corrected chi connectivity index (χ3v) is 4.37. The van der Waals surface area contributed by atoms with Crippen molar-refractivity contribution in [3.63, 3.8) is 0 Å². The second kappa shape index (κ2) is 5.94. The highest BCUT2D eigenvalue weighted by atomic mass is 32.1. The van der Waals surface area contributed by atoms with Crippen LogP contribution in [0.2, 0.25) is 0 Å². The van der Waals surface area contributed by atoms with Gasteiger partial charge in [-0.25, -0.2) is 0 Å². The van der Waals surface area contributed by atoms with Crippen molar-refractivity contribution in [1.82, 2.24) is 10.3 Å². The first kappa shape index (κ1) is 13.0. The number of aromatic nitrogens is 1. The van der Waals surface area contributed by atoms with Crippen LogP contribution in [0.4, 0.5) is 0 Å². The molecule has 0 amide bonds. The first-order chi connectivity index (χ1) is 8.22. The van der Waals surface area contributed by atoms with Gasteiger partial charge in [0.05, 0.1) is 11.1 Å². The molecule has 1 aliphatic rings. The minimum absolute atomic E-state index is 0.489. The molecule has 0 aromatic carbocycles. The molecule has 0 spiro atoms. The summed E-state index contributed by atoms with van der Waals surface area (Å²) in [6.45, 7) is 3.29.